The summed E-state index contributed by atoms with van der Waals surface area (Å²) in [5.74, 6) is -0.376. The smallest absolute Gasteiger partial charge is 0.336 e. The topological polar surface area (TPSA) is 32.3 Å². The number of carbonyl (C=O) groups is 1. The van der Waals surface area contributed by atoms with E-state index in [0.29, 0.717) is 32.4 Å². The van der Waals surface area contributed by atoms with Crippen molar-refractivity contribution in [3.05, 3.63) is 0 Å². The van der Waals surface area contributed by atoms with Gasteiger partial charge >= 0.3 is 6.18 Å². The molecule has 0 bridgehead atoms. The second kappa shape index (κ2) is 5.25. The molecule has 0 aromatic rings. The monoisotopic (exact) mass is 252 g/mol. The molecule has 0 unspecified atom stereocenters. The van der Waals surface area contributed by atoms with Gasteiger partial charge in [0.25, 0.3) is 0 Å². The van der Waals surface area contributed by atoms with Crippen LogP contribution in [0.25, 0.3) is 0 Å². The lowest BCUT2D eigenvalue weighted by Gasteiger charge is -2.38. The van der Waals surface area contributed by atoms with Crippen LogP contribution in [-0.4, -0.2) is 43.7 Å². The Bertz CT molecular complexity index is 272. The highest BCUT2D eigenvalue weighted by Crippen LogP contribution is 2.35. The first-order chi connectivity index (χ1) is 7.81. The lowest BCUT2D eigenvalue weighted by Crippen LogP contribution is -2.49. The summed E-state index contributed by atoms with van der Waals surface area (Å²) >= 11 is 0. The van der Waals surface area contributed by atoms with Crippen LogP contribution in [0.4, 0.5) is 13.2 Å². The summed E-state index contributed by atoms with van der Waals surface area (Å²) in [5.41, 5.74) is -0.606. The van der Waals surface area contributed by atoms with Crippen molar-refractivity contribution in [2.45, 2.75) is 32.4 Å². The summed E-state index contributed by atoms with van der Waals surface area (Å²) in [6.07, 6.45) is -2.50. The molecule has 0 aromatic heterocycles. The summed E-state index contributed by atoms with van der Waals surface area (Å²) in [6, 6.07) is 0. The summed E-state index contributed by atoms with van der Waals surface area (Å²) < 4.78 is 36.8. The molecule has 1 amide bonds. The quantitative estimate of drug-likeness (QED) is 0.830. The Balaban J connectivity index is 2.71. The minimum atomic E-state index is -4.33. The molecule has 6 heteroatoms. The number of alkyl halides is 3. The maximum Gasteiger partial charge on any atom is 0.406 e. The zero-order valence-electron chi connectivity index (χ0n) is 10.2. The van der Waals surface area contributed by atoms with Crippen molar-refractivity contribution in [1.82, 2.24) is 10.2 Å². The van der Waals surface area contributed by atoms with Crippen LogP contribution < -0.4 is 5.32 Å². The summed E-state index contributed by atoms with van der Waals surface area (Å²) in [5, 5.41) is 3.12. The van der Waals surface area contributed by atoms with Gasteiger partial charge in [0.15, 0.2) is 0 Å². The van der Waals surface area contributed by atoms with E-state index >= 15 is 0 Å². The Kier molecular flexibility index (Phi) is 4.41. The number of hydrogen-bond donors (Lipinski definition) is 1. The van der Waals surface area contributed by atoms with Gasteiger partial charge in [-0.05, 0) is 32.4 Å². The zero-order chi connectivity index (χ0) is 13.1. The Morgan fingerprint density at radius 2 is 1.88 bits per heavy atom. The van der Waals surface area contributed by atoms with Gasteiger partial charge in [0.1, 0.15) is 6.54 Å². The number of piperidine rings is 1. The third-order valence-corrected chi connectivity index (χ3v) is 3.45. The van der Waals surface area contributed by atoms with Gasteiger partial charge in [-0.3, -0.25) is 4.79 Å². The maximum atomic E-state index is 12.3. The Morgan fingerprint density at radius 1 is 1.35 bits per heavy atom. The molecule has 0 saturated carbocycles. The van der Waals surface area contributed by atoms with E-state index in [9.17, 15) is 18.0 Å². The van der Waals surface area contributed by atoms with Crippen LogP contribution in [0, 0.1) is 5.41 Å². The fourth-order valence-electron chi connectivity index (χ4n) is 2.37. The number of hydrogen-bond acceptors (Lipinski definition) is 2. The Labute approximate surface area is 99.4 Å². The first-order valence-corrected chi connectivity index (χ1v) is 5.84. The van der Waals surface area contributed by atoms with Gasteiger partial charge in [-0.1, -0.05) is 6.92 Å². The molecule has 1 aliphatic rings. The van der Waals surface area contributed by atoms with Crippen molar-refractivity contribution >= 4 is 5.91 Å². The number of rotatable bonds is 3. The molecule has 17 heavy (non-hydrogen) atoms. The number of amides is 1. The lowest BCUT2D eigenvalue weighted by molar-refractivity contribution is -0.166. The maximum absolute atomic E-state index is 12.3. The molecule has 1 saturated heterocycles. The minimum absolute atomic E-state index is 0.376. The van der Waals surface area contributed by atoms with E-state index < -0.39 is 18.1 Å². The summed E-state index contributed by atoms with van der Waals surface area (Å²) in [6.45, 7) is 2.09. The average molecular weight is 252 g/mol. The molecule has 3 nitrogen and oxygen atoms in total. The fourth-order valence-corrected chi connectivity index (χ4v) is 2.37. The normalized spacial score (nSPS) is 20.1. The average Bonchev–Trinajstić information content (AvgIpc) is 2.26. The molecule has 1 fully saturated rings. The molecular formula is C11H19F3N2O. The van der Waals surface area contributed by atoms with E-state index in [2.05, 4.69) is 5.32 Å². The first-order valence-electron chi connectivity index (χ1n) is 5.84. The van der Waals surface area contributed by atoms with E-state index in [0.717, 1.165) is 4.90 Å². The second-order valence-corrected chi connectivity index (χ2v) is 4.66. The molecule has 0 aromatic carbocycles. The van der Waals surface area contributed by atoms with Crippen LogP contribution in [0.5, 0.6) is 0 Å². The fraction of sp³-hybridized carbons (Fsp3) is 0.909. The molecule has 1 rings (SSSR count). The third-order valence-electron chi connectivity index (χ3n) is 3.45. The van der Waals surface area contributed by atoms with E-state index in [4.69, 9.17) is 0 Å². The highest BCUT2D eigenvalue weighted by Gasteiger charge is 2.42. The first kappa shape index (κ1) is 14.3. The lowest BCUT2D eigenvalue weighted by atomic mass is 9.75. The Morgan fingerprint density at radius 3 is 2.29 bits per heavy atom. The molecule has 1 aliphatic heterocycles. The molecule has 0 aliphatic carbocycles. The van der Waals surface area contributed by atoms with Crippen molar-refractivity contribution in [1.29, 1.82) is 0 Å². The van der Waals surface area contributed by atoms with E-state index in [1.807, 2.05) is 6.92 Å². The second-order valence-electron chi connectivity index (χ2n) is 4.66. The summed E-state index contributed by atoms with van der Waals surface area (Å²) in [7, 11) is 1.23. The van der Waals surface area contributed by atoms with Gasteiger partial charge in [-0.2, -0.15) is 13.2 Å². The van der Waals surface area contributed by atoms with E-state index in [1.165, 1.54) is 7.05 Å². The van der Waals surface area contributed by atoms with E-state index in [1.54, 1.807) is 0 Å². The van der Waals surface area contributed by atoms with Crippen molar-refractivity contribution in [3.8, 4) is 0 Å². The Hall–Kier alpha value is -0.780. The van der Waals surface area contributed by atoms with Crippen LogP contribution in [0.2, 0.25) is 0 Å². The van der Waals surface area contributed by atoms with Gasteiger partial charge in [0.05, 0.1) is 5.41 Å². The van der Waals surface area contributed by atoms with Crippen LogP contribution in [0.1, 0.15) is 26.2 Å². The standard InChI is InChI=1S/C11H19F3N2O/c1-3-10(4-6-15-7-5-10)9(17)16(2)8-11(12,13)14/h15H,3-8H2,1-2H3. The predicted octanol–water partition coefficient (Wildman–Crippen LogP) is 1.79. The van der Waals surface area contributed by atoms with Crippen molar-refractivity contribution in [2.75, 3.05) is 26.7 Å². The number of nitrogens with zero attached hydrogens (tertiary/aromatic N) is 1. The molecule has 100 valence electrons. The van der Waals surface area contributed by atoms with Gasteiger partial charge in [0, 0.05) is 7.05 Å². The molecule has 1 N–H and O–H groups in total. The predicted molar refractivity (Wildman–Crippen MR) is 58.5 cm³/mol. The third kappa shape index (κ3) is 3.59. The minimum Gasteiger partial charge on any atom is -0.336 e. The van der Waals surface area contributed by atoms with Crippen molar-refractivity contribution in [2.24, 2.45) is 5.41 Å². The van der Waals surface area contributed by atoms with Gasteiger partial charge < -0.3 is 10.2 Å². The summed E-state index contributed by atoms with van der Waals surface area (Å²) in [4.78, 5) is 12.9. The van der Waals surface area contributed by atoms with Crippen LogP contribution in [0.3, 0.4) is 0 Å². The highest BCUT2D eigenvalue weighted by atomic mass is 19.4. The van der Waals surface area contributed by atoms with Crippen LogP contribution in [0.15, 0.2) is 0 Å². The van der Waals surface area contributed by atoms with Crippen LogP contribution >= 0.6 is 0 Å². The molecule has 0 radical (unpaired) electrons. The highest BCUT2D eigenvalue weighted by molar-refractivity contribution is 5.82. The van der Waals surface area contributed by atoms with Gasteiger partial charge in [0.2, 0.25) is 5.91 Å². The van der Waals surface area contributed by atoms with E-state index in [-0.39, 0.29) is 5.91 Å². The van der Waals surface area contributed by atoms with Crippen molar-refractivity contribution < 1.29 is 18.0 Å². The molecular weight excluding hydrogens is 233 g/mol. The molecule has 1 heterocycles. The molecule has 0 spiro atoms. The zero-order valence-corrected chi connectivity index (χ0v) is 10.2. The van der Waals surface area contributed by atoms with Crippen LogP contribution in [-0.2, 0) is 4.79 Å². The SMILES string of the molecule is CCC1(C(=O)N(C)CC(F)(F)F)CCNCC1. The number of halogens is 3. The largest absolute Gasteiger partial charge is 0.406 e. The molecule has 0 atom stereocenters. The van der Waals surface area contributed by atoms with Gasteiger partial charge in [-0.15, -0.1) is 0 Å². The number of carbonyl (C=O) groups excluding carboxylic acids is 1. The number of nitrogens with one attached hydrogen (secondary N) is 1. The van der Waals surface area contributed by atoms with Crippen molar-refractivity contribution in [3.63, 3.8) is 0 Å². The van der Waals surface area contributed by atoms with Gasteiger partial charge in [-0.25, -0.2) is 0 Å².